The summed E-state index contributed by atoms with van der Waals surface area (Å²) >= 11 is 0. The van der Waals surface area contributed by atoms with Crippen molar-refractivity contribution in [2.75, 3.05) is 19.8 Å². The van der Waals surface area contributed by atoms with Gasteiger partial charge in [0.1, 0.15) is 48.8 Å². The molecule has 17 heteroatoms. The van der Waals surface area contributed by atoms with E-state index in [1.165, 1.54) is 0 Å². The first-order valence-electron chi connectivity index (χ1n) is 22.2. The molecule has 1 unspecified atom stereocenters. The molecule has 0 aromatic rings. The van der Waals surface area contributed by atoms with Crippen molar-refractivity contribution in [2.45, 2.75) is 185 Å². The highest BCUT2D eigenvalue weighted by molar-refractivity contribution is 5.78. The number of hydrogen-bond acceptors (Lipinski definition) is 17. The second kappa shape index (κ2) is 16.1. The van der Waals surface area contributed by atoms with Gasteiger partial charge in [-0.05, 0) is 104 Å². The Morgan fingerprint density at radius 3 is 1.90 bits per heavy atom. The zero-order valence-corrected chi connectivity index (χ0v) is 35.8. The summed E-state index contributed by atoms with van der Waals surface area (Å²) < 4.78 is 22.5. The van der Waals surface area contributed by atoms with Crippen molar-refractivity contribution < 1.29 is 85.0 Å². The third-order valence-electron chi connectivity index (χ3n) is 18.4. The molecule has 0 radical (unpaired) electrons. The van der Waals surface area contributed by atoms with Gasteiger partial charge in [-0.1, -0.05) is 34.6 Å². The first-order chi connectivity index (χ1) is 27.9. The lowest BCUT2D eigenvalue weighted by Crippen LogP contribution is -2.65. The molecule has 60 heavy (non-hydrogen) atoms. The Morgan fingerprint density at radius 2 is 1.32 bits per heavy atom. The van der Waals surface area contributed by atoms with Gasteiger partial charge in [0.2, 0.25) is 6.29 Å². The molecule has 2 saturated heterocycles. The zero-order valence-electron chi connectivity index (χ0n) is 35.8. The highest BCUT2D eigenvalue weighted by Gasteiger charge is 2.86. The summed E-state index contributed by atoms with van der Waals surface area (Å²) in [6.45, 7) is 10.4. The molecular formula is C43H72O17. The number of rotatable bonds is 12. The molecule has 5 aliphatic carbocycles. The van der Waals surface area contributed by atoms with Gasteiger partial charge in [0.05, 0.1) is 49.1 Å². The normalized spacial score (nSPS) is 53.9. The average Bonchev–Trinajstić information content (AvgIpc) is 3.84. The van der Waals surface area contributed by atoms with Crippen LogP contribution >= 0.6 is 0 Å². The van der Waals surface area contributed by atoms with Crippen LogP contribution in [-0.4, -0.2) is 172 Å². The first kappa shape index (κ1) is 46.9. The van der Waals surface area contributed by atoms with Crippen molar-refractivity contribution in [1.29, 1.82) is 0 Å². The Kier molecular flexibility index (Phi) is 12.6. The summed E-state index contributed by atoms with van der Waals surface area (Å²) in [5, 5.41) is 129. The molecule has 12 N–H and O–H groups in total. The molecule has 17 nitrogen and oxygen atoms in total. The van der Waals surface area contributed by atoms with Gasteiger partial charge in [0.25, 0.3) is 0 Å². The van der Waals surface area contributed by atoms with E-state index in [2.05, 4.69) is 20.8 Å². The Hall–Kier alpha value is -1.13. The van der Waals surface area contributed by atoms with E-state index in [-0.39, 0.29) is 52.9 Å². The van der Waals surface area contributed by atoms with E-state index in [0.717, 1.165) is 12.8 Å². The summed E-state index contributed by atoms with van der Waals surface area (Å²) in [6, 6.07) is 0. The second-order valence-electron chi connectivity index (χ2n) is 21.1. The Morgan fingerprint density at radius 1 is 0.750 bits per heavy atom. The molecular weight excluding hydrogens is 788 g/mol. The van der Waals surface area contributed by atoms with Crippen molar-refractivity contribution >= 4 is 5.97 Å². The molecule has 2 aliphatic heterocycles. The summed E-state index contributed by atoms with van der Waals surface area (Å²) in [5.74, 6) is -1.73. The zero-order chi connectivity index (χ0) is 44.3. The highest BCUT2D eigenvalue weighted by Crippen LogP contribution is 2.89. The number of carbonyl (C=O) groups is 1. The van der Waals surface area contributed by atoms with Crippen LogP contribution in [0.15, 0.2) is 0 Å². The van der Waals surface area contributed by atoms with Crippen molar-refractivity contribution in [2.24, 2.45) is 56.7 Å². The Bertz CT molecular complexity index is 1570. The van der Waals surface area contributed by atoms with Crippen molar-refractivity contribution in [1.82, 2.24) is 0 Å². The van der Waals surface area contributed by atoms with E-state index >= 15 is 0 Å². The quantitative estimate of drug-likeness (QED) is 0.101. The van der Waals surface area contributed by atoms with E-state index in [1.807, 2.05) is 13.8 Å². The Balaban J connectivity index is 1.07. The van der Waals surface area contributed by atoms with Crippen LogP contribution in [0, 0.1) is 56.7 Å². The fourth-order valence-electron chi connectivity index (χ4n) is 14.5. The molecule has 23 atom stereocenters. The van der Waals surface area contributed by atoms with Gasteiger partial charge < -0.3 is 80.2 Å². The fourth-order valence-corrected chi connectivity index (χ4v) is 14.5. The summed E-state index contributed by atoms with van der Waals surface area (Å²) in [7, 11) is 0. The monoisotopic (exact) mass is 860 g/mol. The van der Waals surface area contributed by atoms with Gasteiger partial charge in [-0.25, -0.2) is 0 Å². The van der Waals surface area contributed by atoms with Crippen molar-refractivity contribution in [3.05, 3.63) is 0 Å². The number of ether oxygens (including phenoxy) is 4. The van der Waals surface area contributed by atoms with Crippen LogP contribution in [0.2, 0.25) is 0 Å². The predicted octanol–water partition coefficient (Wildman–Crippen LogP) is -1.33. The van der Waals surface area contributed by atoms with Gasteiger partial charge in [-0.3, -0.25) is 4.79 Å². The van der Waals surface area contributed by atoms with E-state index in [4.69, 9.17) is 18.9 Å². The smallest absolute Gasteiger partial charge is 0.317 e. The molecule has 5 saturated carbocycles. The molecule has 0 bridgehead atoms. The average molecular weight is 861 g/mol. The highest BCUT2D eigenvalue weighted by atomic mass is 16.7. The number of hydrogen-bond donors (Lipinski definition) is 12. The topological polar surface area (TPSA) is 297 Å². The largest absolute Gasteiger partial charge is 0.432 e. The molecule has 7 fully saturated rings. The van der Waals surface area contributed by atoms with E-state index in [9.17, 15) is 66.1 Å². The summed E-state index contributed by atoms with van der Waals surface area (Å²) in [6.07, 6.45) is -13.7. The lowest BCUT2D eigenvalue weighted by molar-refractivity contribution is -0.310. The minimum atomic E-state index is -1.80. The van der Waals surface area contributed by atoms with Crippen LogP contribution < -0.4 is 0 Å². The van der Waals surface area contributed by atoms with Crippen LogP contribution in [0.4, 0.5) is 0 Å². The van der Waals surface area contributed by atoms with Gasteiger partial charge in [-0.15, -0.1) is 0 Å². The minimum Gasteiger partial charge on any atom is -0.432 e. The number of carbonyl (C=O) groups excluding carboxylic acids is 1. The predicted molar refractivity (Wildman–Crippen MR) is 208 cm³/mol. The van der Waals surface area contributed by atoms with E-state index in [1.54, 1.807) is 6.92 Å². The molecule has 7 rings (SSSR count). The lowest BCUT2D eigenvalue weighted by atomic mass is 9.41. The number of aliphatic hydroxyl groups excluding tert-OH is 11. The first-order valence-corrected chi connectivity index (χ1v) is 22.2. The maximum Gasteiger partial charge on any atom is 0.317 e. The second-order valence-corrected chi connectivity index (χ2v) is 21.1. The van der Waals surface area contributed by atoms with Crippen LogP contribution in [0.1, 0.15) is 99.3 Å². The van der Waals surface area contributed by atoms with Crippen molar-refractivity contribution in [3.63, 3.8) is 0 Å². The number of aliphatic hydroxyl groups is 12. The Labute approximate surface area is 351 Å². The van der Waals surface area contributed by atoms with Gasteiger partial charge in [-0.2, -0.15) is 0 Å². The van der Waals surface area contributed by atoms with E-state index in [0.29, 0.717) is 38.5 Å². The SMILES string of the molecule is CC(C)C(O)(CC[C@@H](C)[C@H]1[C@H](O)C[C@@]2(C)[C@@H]3CC[C@H]4[C@](C)(C(=O)O[C@@H]5O[C@H](CO)[C@@H](O)[C@H](O)[C@H]5O)[C@@H](O)C[C@H](O)[C@@]45C[C@@]35CC[C@]12C)CO[C@@H]1O[C@H](CO)[C@@H](O)[C@H](O)[C@H]1O. The summed E-state index contributed by atoms with van der Waals surface area (Å²) in [4.78, 5) is 14.3. The van der Waals surface area contributed by atoms with Crippen LogP contribution in [-0.2, 0) is 23.7 Å². The lowest BCUT2D eigenvalue weighted by Gasteiger charge is -2.63. The van der Waals surface area contributed by atoms with Crippen LogP contribution in [0.25, 0.3) is 0 Å². The van der Waals surface area contributed by atoms with Crippen LogP contribution in [0.5, 0.6) is 0 Å². The minimum absolute atomic E-state index is 0.0428. The molecule has 0 aromatic heterocycles. The summed E-state index contributed by atoms with van der Waals surface area (Å²) in [5.41, 5.74) is -4.67. The maximum atomic E-state index is 14.3. The van der Waals surface area contributed by atoms with E-state index < -0.39 is 121 Å². The fraction of sp³-hybridized carbons (Fsp3) is 0.977. The van der Waals surface area contributed by atoms with Crippen molar-refractivity contribution in [3.8, 4) is 0 Å². The number of fused-ring (bicyclic) bond motifs is 2. The standard InChI is InChI=1S/C43H72O17/c1-19(2)42(56,18-57-35-33(53)31(51)29(49)22(15-44)58-35)10-9-20(3)28-21(46)14-39(5)24-7-8-25-40(6,37(55)60-36-34(54)32(52)30(50)23(16-45)59-36)26(47)13-27(48)43(25)17-41(24,43)12-11-38(28,39)4/h19-36,44-54,56H,7-18H2,1-6H3/t20-,21-,22-,23-,24+,25+,26+,27+,28+,29-,30-,31+,32+,33-,34-,35-,36+,38-,39+,40+,41+,42?,43-/m1/s1. The maximum absolute atomic E-state index is 14.3. The van der Waals surface area contributed by atoms with Gasteiger partial charge in [0, 0.05) is 11.8 Å². The molecule has 0 amide bonds. The molecule has 2 heterocycles. The van der Waals surface area contributed by atoms with Gasteiger partial charge in [0.15, 0.2) is 6.29 Å². The third-order valence-corrected chi connectivity index (χ3v) is 18.4. The molecule has 2 spiro atoms. The van der Waals surface area contributed by atoms with Crippen LogP contribution in [0.3, 0.4) is 0 Å². The van der Waals surface area contributed by atoms with Gasteiger partial charge >= 0.3 is 5.97 Å². The molecule has 7 aliphatic rings. The molecule has 0 aromatic carbocycles. The molecule has 346 valence electrons. The number of esters is 1. The third kappa shape index (κ3) is 6.61.